The molecule has 0 aromatic carbocycles. The van der Waals surface area contributed by atoms with Crippen molar-refractivity contribution in [2.75, 3.05) is 13.1 Å². The van der Waals surface area contributed by atoms with E-state index in [9.17, 15) is 0 Å². The van der Waals surface area contributed by atoms with Crippen molar-refractivity contribution in [3.63, 3.8) is 0 Å². The molecule has 1 aliphatic rings. The molecule has 0 saturated heterocycles. The highest BCUT2D eigenvalue weighted by Crippen LogP contribution is 2.34. The molecule has 0 radical (unpaired) electrons. The highest BCUT2D eigenvalue weighted by molar-refractivity contribution is 4.94. The van der Waals surface area contributed by atoms with E-state index >= 15 is 0 Å². The van der Waals surface area contributed by atoms with E-state index in [1.165, 1.54) is 38.5 Å². The largest absolute Gasteiger partial charge is 0.329 e. The lowest BCUT2D eigenvalue weighted by Crippen LogP contribution is -2.55. The van der Waals surface area contributed by atoms with Gasteiger partial charge in [-0.25, -0.2) is 0 Å². The molecule has 0 aromatic rings. The highest BCUT2D eigenvalue weighted by Gasteiger charge is 2.34. The van der Waals surface area contributed by atoms with Crippen LogP contribution in [0.4, 0.5) is 0 Å². The fraction of sp³-hybridized carbons (Fsp3) is 1.00. The monoisotopic (exact) mass is 282 g/mol. The second-order valence-corrected chi connectivity index (χ2v) is 7.75. The summed E-state index contributed by atoms with van der Waals surface area (Å²) in [6.07, 6.45) is 8.02. The van der Waals surface area contributed by atoms with Crippen LogP contribution in [0.3, 0.4) is 0 Å². The van der Waals surface area contributed by atoms with Crippen LogP contribution in [0.25, 0.3) is 0 Å². The third kappa shape index (κ3) is 5.04. The maximum atomic E-state index is 6.13. The van der Waals surface area contributed by atoms with Crippen LogP contribution in [0.5, 0.6) is 0 Å². The molecule has 0 heterocycles. The quantitative estimate of drug-likeness (QED) is 0.700. The molecule has 0 aromatic heterocycles. The lowest BCUT2D eigenvalue weighted by Gasteiger charge is -2.42. The van der Waals surface area contributed by atoms with Gasteiger partial charge >= 0.3 is 0 Å². The Morgan fingerprint density at radius 3 is 2.05 bits per heavy atom. The Labute approximate surface area is 127 Å². The average Bonchev–Trinajstić information content (AvgIpc) is 2.40. The first-order chi connectivity index (χ1) is 9.44. The van der Waals surface area contributed by atoms with Gasteiger partial charge in [0.05, 0.1) is 0 Å². The molecule has 0 aliphatic heterocycles. The summed E-state index contributed by atoms with van der Waals surface area (Å²) in [4.78, 5) is 0. The first kappa shape index (κ1) is 18.0. The van der Waals surface area contributed by atoms with Crippen LogP contribution in [0, 0.1) is 23.7 Å². The van der Waals surface area contributed by atoms with Gasteiger partial charge in [-0.05, 0) is 55.9 Å². The van der Waals surface area contributed by atoms with Gasteiger partial charge in [-0.2, -0.15) is 0 Å². The molecule has 1 fully saturated rings. The SMILES string of the molecule is CCCC1CCC(CN)(NCC(C(C)C)C(C)C)CC1. The molecule has 120 valence electrons. The van der Waals surface area contributed by atoms with Crippen molar-refractivity contribution in [1.82, 2.24) is 5.32 Å². The molecular weight excluding hydrogens is 244 g/mol. The molecule has 1 aliphatic carbocycles. The second-order valence-electron chi connectivity index (χ2n) is 7.75. The third-order valence-corrected chi connectivity index (χ3v) is 5.58. The first-order valence-electron chi connectivity index (χ1n) is 8.89. The second kappa shape index (κ2) is 8.38. The fourth-order valence-corrected chi connectivity index (χ4v) is 3.96. The molecule has 0 atom stereocenters. The van der Waals surface area contributed by atoms with Gasteiger partial charge in [-0.1, -0.05) is 47.5 Å². The predicted molar refractivity (Wildman–Crippen MR) is 89.8 cm³/mol. The van der Waals surface area contributed by atoms with Crippen LogP contribution in [-0.4, -0.2) is 18.6 Å². The van der Waals surface area contributed by atoms with Crippen LogP contribution >= 0.6 is 0 Å². The summed E-state index contributed by atoms with van der Waals surface area (Å²) < 4.78 is 0. The number of nitrogens with one attached hydrogen (secondary N) is 1. The minimum Gasteiger partial charge on any atom is -0.329 e. The zero-order valence-corrected chi connectivity index (χ0v) is 14.5. The normalized spacial score (nSPS) is 27.8. The standard InChI is InChI=1S/C18H38N2/c1-6-7-16-8-10-18(13-19,11-9-16)20-12-17(14(2)3)15(4)5/h14-17,20H,6-13,19H2,1-5H3. The lowest BCUT2D eigenvalue weighted by molar-refractivity contribution is 0.162. The topological polar surface area (TPSA) is 38.0 Å². The smallest absolute Gasteiger partial charge is 0.0304 e. The van der Waals surface area contributed by atoms with E-state index in [0.717, 1.165) is 36.8 Å². The summed E-state index contributed by atoms with van der Waals surface area (Å²) >= 11 is 0. The van der Waals surface area contributed by atoms with E-state index in [2.05, 4.69) is 39.9 Å². The number of nitrogens with two attached hydrogens (primary N) is 1. The van der Waals surface area contributed by atoms with E-state index in [1.54, 1.807) is 0 Å². The van der Waals surface area contributed by atoms with Crippen LogP contribution < -0.4 is 11.1 Å². The molecule has 20 heavy (non-hydrogen) atoms. The minimum atomic E-state index is 0.228. The number of hydrogen-bond acceptors (Lipinski definition) is 2. The summed E-state index contributed by atoms with van der Waals surface area (Å²) in [5, 5.41) is 3.89. The molecule has 0 amide bonds. The van der Waals surface area contributed by atoms with Crippen molar-refractivity contribution in [3.8, 4) is 0 Å². The maximum Gasteiger partial charge on any atom is 0.0304 e. The maximum absolute atomic E-state index is 6.13. The highest BCUT2D eigenvalue weighted by atomic mass is 15.0. The molecule has 2 heteroatoms. The first-order valence-corrected chi connectivity index (χ1v) is 8.89. The molecule has 0 spiro atoms. The summed E-state index contributed by atoms with van der Waals surface area (Å²) in [7, 11) is 0. The van der Waals surface area contributed by atoms with Crippen LogP contribution in [0.2, 0.25) is 0 Å². The summed E-state index contributed by atoms with van der Waals surface area (Å²) in [6, 6.07) is 0. The van der Waals surface area contributed by atoms with E-state index in [-0.39, 0.29) is 5.54 Å². The van der Waals surface area contributed by atoms with Crippen LogP contribution in [-0.2, 0) is 0 Å². The Balaban J connectivity index is 2.50. The zero-order chi connectivity index (χ0) is 15.2. The van der Waals surface area contributed by atoms with Crippen molar-refractivity contribution in [3.05, 3.63) is 0 Å². The van der Waals surface area contributed by atoms with E-state index in [4.69, 9.17) is 5.73 Å². The van der Waals surface area contributed by atoms with Crippen LogP contribution in [0.15, 0.2) is 0 Å². The van der Waals surface area contributed by atoms with Gasteiger partial charge in [0.25, 0.3) is 0 Å². The Morgan fingerprint density at radius 2 is 1.65 bits per heavy atom. The van der Waals surface area contributed by atoms with E-state index in [0.29, 0.717) is 0 Å². The average molecular weight is 283 g/mol. The van der Waals surface area contributed by atoms with Crippen molar-refractivity contribution in [1.29, 1.82) is 0 Å². The summed E-state index contributed by atoms with van der Waals surface area (Å²) in [5.74, 6) is 3.20. The summed E-state index contributed by atoms with van der Waals surface area (Å²) in [6.45, 7) is 13.6. The van der Waals surface area contributed by atoms with E-state index in [1.807, 2.05) is 0 Å². The van der Waals surface area contributed by atoms with Crippen molar-refractivity contribution in [2.24, 2.45) is 29.4 Å². The summed E-state index contributed by atoms with van der Waals surface area (Å²) in [5.41, 5.74) is 6.36. The lowest BCUT2D eigenvalue weighted by atomic mass is 9.74. The van der Waals surface area contributed by atoms with Gasteiger partial charge in [0.15, 0.2) is 0 Å². The molecule has 0 unspecified atom stereocenters. The van der Waals surface area contributed by atoms with E-state index < -0.39 is 0 Å². The van der Waals surface area contributed by atoms with Gasteiger partial charge in [0.2, 0.25) is 0 Å². The van der Waals surface area contributed by atoms with Crippen molar-refractivity contribution < 1.29 is 0 Å². The van der Waals surface area contributed by atoms with Gasteiger partial charge < -0.3 is 11.1 Å². The van der Waals surface area contributed by atoms with Gasteiger partial charge in [0, 0.05) is 12.1 Å². The number of hydrogen-bond donors (Lipinski definition) is 2. The Hall–Kier alpha value is -0.0800. The molecule has 1 saturated carbocycles. The molecular formula is C18H38N2. The molecule has 1 rings (SSSR count). The van der Waals surface area contributed by atoms with Crippen LogP contribution in [0.1, 0.15) is 73.1 Å². The number of rotatable bonds is 8. The minimum absolute atomic E-state index is 0.228. The Morgan fingerprint density at radius 1 is 1.10 bits per heavy atom. The van der Waals surface area contributed by atoms with Gasteiger partial charge in [-0.3, -0.25) is 0 Å². The molecule has 3 N–H and O–H groups in total. The zero-order valence-electron chi connectivity index (χ0n) is 14.5. The Kier molecular flexibility index (Phi) is 7.53. The molecule has 0 bridgehead atoms. The van der Waals surface area contributed by atoms with Gasteiger partial charge in [-0.15, -0.1) is 0 Å². The predicted octanol–water partition coefficient (Wildman–Crippen LogP) is 4.19. The molecule has 2 nitrogen and oxygen atoms in total. The van der Waals surface area contributed by atoms with Crippen molar-refractivity contribution in [2.45, 2.75) is 78.7 Å². The third-order valence-electron chi connectivity index (χ3n) is 5.58. The fourth-order valence-electron chi connectivity index (χ4n) is 3.96. The van der Waals surface area contributed by atoms with Crippen molar-refractivity contribution >= 4 is 0 Å². The Bertz CT molecular complexity index is 244. The van der Waals surface area contributed by atoms with Gasteiger partial charge in [0.1, 0.15) is 0 Å².